The first-order valence-electron chi connectivity index (χ1n) is 5.13. The molecule has 0 aliphatic heterocycles. The first kappa shape index (κ1) is 10.7. The van der Waals surface area contributed by atoms with Crippen LogP contribution in [0.3, 0.4) is 0 Å². The minimum absolute atomic E-state index is 0.303. The fraction of sp³-hybridized carbons (Fsp3) is 0.250. The van der Waals surface area contributed by atoms with E-state index in [9.17, 15) is 4.39 Å². The van der Waals surface area contributed by atoms with Gasteiger partial charge in [-0.25, -0.2) is 4.39 Å². The van der Waals surface area contributed by atoms with Crippen molar-refractivity contribution in [3.05, 3.63) is 36.3 Å². The maximum Gasteiger partial charge on any atom is 0.131 e. The van der Waals surface area contributed by atoms with Crippen molar-refractivity contribution in [2.75, 3.05) is 6.61 Å². The Bertz CT molecular complexity index is 494. The van der Waals surface area contributed by atoms with E-state index in [2.05, 4.69) is 5.10 Å². The largest absolute Gasteiger partial charge is 0.493 e. The summed E-state index contributed by atoms with van der Waals surface area (Å²) < 4.78 is 20.2. The van der Waals surface area contributed by atoms with Gasteiger partial charge in [-0.2, -0.15) is 5.10 Å². The SMILES string of the molecule is CCOc1cc(F)ccc1-c1ccn(C)n1. The zero-order valence-corrected chi connectivity index (χ0v) is 9.27. The number of halogens is 1. The third-order valence-electron chi connectivity index (χ3n) is 2.23. The van der Waals surface area contributed by atoms with Crippen molar-refractivity contribution in [1.82, 2.24) is 9.78 Å². The van der Waals surface area contributed by atoms with Crippen molar-refractivity contribution in [1.29, 1.82) is 0 Å². The van der Waals surface area contributed by atoms with Crippen LogP contribution in [0.25, 0.3) is 11.3 Å². The highest BCUT2D eigenvalue weighted by atomic mass is 19.1. The molecule has 0 aliphatic rings. The monoisotopic (exact) mass is 220 g/mol. The van der Waals surface area contributed by atoms with Crippen LogP contribution in [0.15, 0.2) is 30.5 Å². The smallest absolute Gasteiger partial charge is 0.131 e. The molecule has 0 saturated carbocycles. The molecule has 2 aromatic rings. The Hall–Kier alpha value is -1.84. The minimum Gasteiger partial charge on any atom is -0.493 e. The van der Waals surface area contributed by atoms with E-state index in [1.165, 1.54) is 12.1 Å². The van der Waals surface area contributed by atoms with Crippen LogP contribution in [0.2, 0.25) is 0 Å². The van der Waals surface area contributed by atoms with Crippen LogP contribution in [0, 0.1) is 5.82 Å². The predicted molar refractivity (Wildman–Crippen MR) is 59.8 cm³/mol. The molecular weight excluding hydrogens is 207 g/mol. The van der Waals surface area contributed by atoms with Crippen molar-refractivity contribution < 1.29 is 9.13 Å². The molecule has 0 radical (unpaired) electrons. The maximum absolute atomic E-state index is 13.1. The van der Waals surface area contributed by atoms with E-state index in [0.29, 0.717) is 12.4 Å². The summed E-state index contributed by atoms with van der Waals surface area (Å²) in [7, 11) is 1.84. The van der Waals surface area contributed by atoms with Gasteiger partial charge < -0.3 is 4.74 Å². The summed E-state index contributed by atoms with van der Waals surface area (Å²) in [5.41, 5.74) is 1.59. The first-order chi connectivity index (χ1) is 7.70. The second-order valence-corrected chi connectivity index (χ2v) is 3.45. The van der Waals surface area contributed by atoms with E-state index in [0.717, 1.165) is 11.3 Å². The van der Waals surface area contributed by atoms with Gasteiger partial charge in [-0.05, 0) is 25.1 Å². The molecule has 1 aromatic heterocycles. The first-order valence-corrected chi connectivity index (χ1v) is 5.13. The highest BCUT2D eigenvalue weighted by Gasteiger charge is 2.09. The molecule has 0 amide bonds. The minimum atomic E-state index is -0.303. The van der Waals surface area contributed by atoms with E-state index in [-0.39, 0.29) is 5.82 Å². The zero-order chi connectivity index (χ0) is 11.5. The second-order valence-electron chi connectivity index (χ2n) is 3.45. The van der Waals surface area contributed by atoms with Crippen molar-refractivity contribution >= 4 is 0 Å². The molecule has 2 rings (SSSR count). The van der Waals surface area contributed by atoms with Crippen molar-refractivity contribution in [3.8, 4) is 17.0 Å². The molecule has 0 aliphatic carbocycles. The van der Waals surface area contributed by atoms with Crippen molar-refractivity contribution in [2.24, 2.45) is 7.05 Å². The Morgan fingerprint density at radius 3 is 2.81 bits per heavy atom. The number of ether oxygens (including phenoxy) is 1. The fourth-order valence-corrected chi connectivity index (χ4v) is 1.54. The second kappa shape index (κ2) is 4.35. The van der Waals surface area contributed by atoms with Gasteiger partial charge in [0.25, 0.3) is 0 Å². The fourth-order valence-electron chi connectivity index (χ4n) is 1.54. The number of aryl methyl sites for hydroxylation is 1. The molecule has 0 saturated heterocycles. The third kappa shape index (κ3) is 2.05. The number of nitrogens with zero attached hydrogens (tertiary/aromatic N) is 2. The number of hydrogen-bond acceptors (Lipinski definition) is 2. The van der Waals surface area contributed by atoms with Crippen LogP contribution in [0.1, 0.15) is 6.92 Å². The van der Waals surface area contributed by atoms with E-state index in [1.807, 2.05) is 26.2 Å². The van der Waals surface area contributed by atoms with Crippen molar-refractivity contribution in [3.63, 3.8) is 0 Å². The van der Waals surface area contributed by atoms with Crippen molar-refractivity contribution in [2.45, 2.75) is 6.92 Å². The average Bonchev–Trinajstić information content (AvgIpc) is 2.65. The molecule has 0 N–H and O–H groups in total. The molecule has 0 spiro atoms. The van der Waals surface area contributed by atoms with Gasteiger partial charge in [-0.3, -0.25) is 4.68 Å². The summed E-state index contributed by atoms with van der Waals surface area (Å²) in [4.78, 5) is 0. The summed E-state index contributed by atoms with van der Waals surface area (Å²) in [6, 6.07) is 6.35. The predicted octanol–water partition coefficient (Wildman–Crippen LogP) is 2.62. The molecule has 4 heteroatoms. The lowest BCUT2D eigenvalue weighted by molar-refractivity contribution is 0.339. The lowest BCUT2D eigenvalue weighted by Gasteiger charge is -2.08. The Kier molecular flexibility index (Phi) is 2.90. The van der Waals surface area contributed by atoms with Crippen LogP contribution < -0.4 is 4.74 Å². The van der Waals surface area contributed by atoms with Gasteiger partial charge in [-0.1, -0.05) is 0 Å². The number of benzene rings is 1. The van der Waals surface area contributed by atoms with E-state index >= 15 is 0 Å². The summed E-state index contributed by atoms with van der Waals surface area (Å²) >= 11 is 0. The standard InChI is InChI=1S/C12H13FN2O/c1-3-16-12-8-9(13)4-5-10(12)11-6-7-15(2)14-11/h4-8H,3H2,1-2H3. The topological polar surface area (TPSA) is 27.1 Å². The van der Waals surface area contributed by atoms with Gasteiger partial charge >= 0.3 is 0 Å². The van der Waals surface area contributed by atoms with Gasteiger partial charge in [-0.15, -0.1) is 0 Å². The molecular formula is C12H13FN2O. The van der Waals surface area contributed by atoms with E-state index < -0.39 is 0 Å². The van der Waals surface area contributed by atoms with Crippen LogP contribution in [-0.4, -0.2) is 16.4 Å². The molecule has 16 heavy (non-hydrogen) atoms. The molecule has 0 unspecified atom stereocenters. The summed E-state index contributed by atoms with van der Waals surface area (Å²) in [6.07, 6.45) is 1.84. The third-order valence-corrected chi connectivity index (χ3v) is 2.23. The maximum atomic E-state index is 13.1. The number of hydrogen-bond donors (Lipinski definition) is 0. The summed E-state index contributed by atoms with van der Waals surface area (Å²) in [6.45, 7) is 2.37. The zero-order valence-electron chi connectivity index (χ0n) is 9.27. The average molecular weight is 220 g/mol. The molecule has 0 fully saturated rings. The van der Waals surface area contributed by atoms with Gasteiger partial charge in [0.05, 0.1) is 12.3 Å². The Balaban J connectivity index is 2.47. The van der Waals surface area contributed by atoms with Gasteiger partial charge in [0.1, 0.15) is 11.6 Å². The molecule has 0 atom stereocenters. The van der Waals surface area contributed by atoms with Crippen LogP contribution in [0.5, 0.6) is 5.75 Å². The quantitative estimate of drug-likeness (QED) is 0.795. The normalized spacial score (nSPS) is 10.4. The molecule has 1 heterocycles. The van der Waals surface area contributed by atoms with Gasteiger partial charge in [0.2, 0.25) is 0 Å². The lowest BCUT2D eigenvalue weighted by atomic mass is 10.1. The van der Waals surface area contributed by atoms with Crippen LogP contribution >= 0.6 is 0 Å². The Morgan fingerprint density at radius 2 is 2.19 bits per heavy atom. The van der Waals surface area contributed by atoms with Gasteiger partial charge in [0.15, 0.2) is 0 Å². The molecule has 3 nitrogen and oxygen atoms in total. The summed E-state index contributed by atoms with van der Waals surface area (Å²) in [5.74, 6) is 0.226. The number of rotatable bonds is 3. The Morgan fingerprint density at radius 1 is 1.38 bits per heavy atom. The van der Waals surface area contributed by atoms with E-state index in [4.69, 9.17) is 4.74 Å². The number of aromatic nitrogens is 2. The molecule has 0 bridgehead atoms. The van der Waals surface area contributed by atoms with Crippen LogP contribution in [0.4, 0.5) is 4.39 Å². The van der Waals surface area contributed by atoms with Crippen LogP contribution in [-0.2, 0) is 7.05 Å². The highest BCUT2D eigenvalue weighted by Crippen LogP contribution is 2.29. The molecule has 84 valence electrons. The lowest BCUT2D eigenvalue weighted by Crippen LogP contribution is -1.96. The Labute approximate surface area is 93.5 Å². The molecule has 1 aromatic carbocycles. The highest BCUT2D eigenvalue weighted by molar-refractivity contribution is 5.66. The van der Waals surface area contributed by atoms with E-state index in [1.54, 1.807) is 10.7 Å². The summed E-state index contributed by atoms with van der Waals surface area (Å²) in [5, 5.41) is 4.27. The van der Waals surface area contributed by atoms with Gasteiger partial charge in [0, 0.05) is 24.9 Å².